The van der Waals surface area contributed by atoms with Crippen LogP contribution in [0.15, 0.2) is 18.2 Å². The van der Waals surface area contributed by atoms with Crippen LogP contribution in [0.1, 0.15) is 19.4 Å². The lowest BCUT2D eigenvalue weighted by molar-refractivity contribution is -0.273. The van der Waals surface area contributed by atoms with Crippen LogP contribution in [0.25, 0.3) is 0 Å². The molecule has 1 amide bonds. The van der Waals surface area contributed by atoms with Gasteiger partial charge in [-0.25, -0.2) is 0 Å². The van der Waals surface area contributed by atoms with Crippen molar-refractivity contribution in [2.24, 2.45) is 0 Å². The van der Waals surface area contributed by atoms with Crippen molar-refractivity contribution in [1.29, 1.82) is 0 Å². The average molecular weight is 385 g/mol. The minimum Gasteiger partial charge on any atom is -0.493 e. The highest BCUT2D eigenvalue weighted by molar-refractivity contribution is 5.73. The Morgan fingerprint density at radius 3 is 2.59 bits per heavy atom. The van der Waals surface area contributed by atoms with Crippen LogP contribution < -0.4 is 14.8 Å². The van der Waals surface area contributed by atoms with Gasteiger partial charge in [0.15, 0.2) is 17.8 Å². The number of aliphatic hydroxyl groups excluding tert-OH is 3. The number of benzene rings is 1. The van der Waals surface area contributed by atoms with Crippen molar-refractivity contribution in [3.05, 3.63) is 23.8 Å². The molecule has 4 N–H and O–H groups in total. The minimum absolute atomic E-state index is 0.0878. The Labute approximate surface area is 157 Å². The van der Waals surface area contributed by atoms with E-state index in [-0.39, 0.29) is 6.61 Å². The molecule has 27 heavy (non-hydrogen) atoms. The molecule has 1 aromatic carbocycles. The Bertz CT molecular complexity index is 625. The van der Waals surface area contributed by atoms with E-state index in [4.69, 9.17) is 18.9 Å². The van der Waals surface area contributed by atoms with E-state index >= 15 is 0 Å². The molecule has 2 rings (SSSR count). The van der Waals surface area contributed by atoms with Crippen molar-refractivity contribution in [2.75, 3.05) is 20.3 Å². The molecule has 9 nitrogen and oxygen atoms in total. The summed E-state index contributed by atoms with van der Waals surface area (Å²) < 4.78 is 22.0. The molecular weight excluding hydrogens is 358 g/mol. The van der Waals surface area contributed by atoms with Crippen LogP contribution in [0.3, 0.4) is 0 Å². The third-order valence-corrected chi connectivity index (χ3v) is 4.19. The highest BCUT2D eigenvalue weighted by Crippen LogP contribution is 2.29. The standard InChI is InChI=1S/C18H27NO8/c1-4-25-12-6-5-11(7-13(12)24-3)9-26-18-15(19-10(2)21)17(23)16(22)14(8-20)27-18/h5-7,14-18,20,22-23H,4,8-9H2,1-3H3,(H,19,21)/t14-,15-,16-,17-,18-/m1/s1. The van der Waals surface area contributed by atoms with Gasteiger partial charge in [-0.2, -0.15) is 0 Å². The molecule has 0 radical (unpaired) electrons. The maximum atomic E-state index is 11.4. The second-order valence-electron chi connectivity index (χ2n) is 6.16. The largest absolute Gasteiger partial charge is 0.493 e. The Morgan fingerprint density at radius 2 is 2.00 bits per heavy atom. The molecule has 152 valence electrons. The van der Waals surface area contributed by atoms with Crippen LogP contribution in [0, 0.1) is 0 Å². The third kappa shape index (κ3) is 5.30. The van der Waals surface area contributed by atoms with Crippen LogP contribution >= 0.6 is 0 Å². The first kappa shape index (κ1) is 21.4. The molecule has 1 fully saturated rings. The predicted molar refractivity (Wildman–Crippen MR) is 94.3 cm³/mol. The van der Waals surface area contributed by atoms with Crippen molar-refractivity contribution >= 4 is 5.91 Å². The highest BCUT2D eigenvalue weighted by Gasteiger charge is 2.45. The number of amides is 1. The molecular formula is C18H27NO8. The number of hydrogen-bond acceptors (Lipinski definition) is 8. The number of nitrogens with one attached hydrogen (secondary N) is 1. The van der Waals surface area contributed by atoms with E-state index in [9.17, 15) is 20.1 Å². The van der Waals surface area contributed by atoms with E-state index in [0.717, 1.165) is 5.56 Å². The van der Waals surface area contributed by atoms with Crippen molar-refractivity contribution in [2.45, 2.75) is 51.1 Å². The molecule has 0 spiro atoms. The second kappa shape index (κ2) is 9.86. The molecule has 0 bridgehead atoms. The number of ether oxygens (including phenoxy) is 4. The number of carbonyl (C=O) groups excluding carboxylic acids is 1. The van der Waals surface area contributed by atoms with E-state index in [2.05, 4.69) is 5.32 Å². The monoisotopic (exact) mass is 385 g/mol. The number of hydrogen-bond donors (Lipinski definition) is 4. The van der Waals surface area contributed by atoms with E-state index in [1.165, 1.54) is 14.0 Å². The van der Waals surface area contributed by atoms with Gasteiger partial charge in [-0.1, -0.05) is 6.07 Å². The normalized spacial score (nSPS) is 27.9. The zero-order valence-corrected chi connectivity index (χ0v) is 15.6. The van der Waals surface area contributed by atoms with E-state index in [0.29, 0.717) is 18.1 Å². The van der Waals surface area contributed by atoms with Gasteiger partial charge in [0.05, 0.1) is 26.9 Å². The van der Waals surface area contributed by atoms with Crippen LogP contribution in [-0.4, -0.2) is 72.2 Å². The summed E-state index contributed by atoms with van der Waals surface area (Å²) in [5.41, 5.74) is 0.752. The van der Waals surface area contributed by atoms with Crippen LogP contribution in [-0.2, 0) is 20.9 Å². The smallest absolute Gasteiger partial charge is 0.217 e. The summed E-state index contributed by atoms with van der Waals surface area (Å²) in [7, 11) is 1.53. The van der Waals surface area contributed by atoms with E-state index in [1.54, 1.807) is 18.2 Å². The fourth-order valence-corrected chi connectivity index (χ4v) is 2.87. The van der Waals surface area contributed by atoms with Gasteiger partial charge in [-0.15, -0.1) is 0 Å². The Kier molecular flexibility index (Phi) is 7.81. The minimum atomic E-state index is -1.35. The molecule has 1 aliphatic rings. The molecule has 0 unspecified atom stereocenters. The first-order valence-corrected chi connectivity index (χ1v) is 8.72. The Morgan fingerprint density at radius 1 is 1.26 bits per heavy atom. The first-order valence-electron chi connectivity index (χ1n) is 8.72. The number of rotatable bonds is 8. The molecule has 5 atom stereocenters. The molecule has 1 aliphatic heterocycles. The first-order chi connectivity index (χ1) is 12.9. The number of aliphatic hydroxyl groups is 3. The van der Waals surface area contributed by atoms with Gasteiger partial charge in [-0.3, -0.25) is 4.79 Å². The summed E-state index contributed by atoms with van der Waals surface area (Å²) in [5, 5.41) is 32.1. The highest BCUT2D eigenvalue weighted by atomic mass is 16.7. The molecule has 0 saturated carbocycles. The maximum Gasteiger partial charge on any atom is 0.217 e. The number of carbonyl (C=O) groups is 1. The molecule has 1 aromatic rings. The van der Waals surface area contributed by atoms with Crippen LogP contribution in [0.4, 0.5) is 0 Å². The summed E-state index contributed by atoms with van der Waals surface area (Å²) in [6.45, 7) is 3.25. The Balaban J connectivity index is 2.11. The zero-order chi connectivity index (χ0) is 20.0. The maximum absolute atomic E-state index is 11.4. The molecule has 0 aromatic heterocycles. The third-order valence-electron chi connectivity index (χ3n) is 4.19. The van der Waals surface area contributed by atoms with E-state index < -0.39 is 43.2 Å². The van der Waals surface area contributed by atoms with E-state index in [1.807, 2.05) is 6.92 Å². The fourth-order valence-electron chi connectivity index (χ4n) is 2.87. The summed E-state index contributed by atoms with van der Waals surface area (Å²) in [4.78, 5) is 11.4. The van der Waals surface area contributed by atoms with Gasteiger partial charge in [0.1, 0.15) is 24.4 Å². The summed E-state index contributed by atoms with van der Waals surface area (Å²) >= 11 is 0. The molecule has 1 saturated heterocycles. The fraction of sp³-hybridized carbons (Fsp3) is 0.611. The summed E-state index contributed by atoms with van der Waals surface area (Å²) in [6, 6.07) is 4.31. The molecule has 1 heterocycles. The summed E-state index contributed by atoms with van der Waals surface area (Å²) in [5.74, 6) is 0.742. The average Bonchev–Trinajstić information content (AvgIpc) is 2.65. The van der Waals surface area contributed by atoms with Gasteiger partial charge in [0.25, 0.3) is 0 Å². The van der Waals surface area contributed by atoms with Gasteiger partial charge in [0, 0.05) is 6.92 Å². The van der Waals surface area contributed by atoms with Crippen LogP contribution in [0.2, 0.25) is 0 Å². The van der Waals surface area contributed by atoms with Crippen molar-refractivity contribution < 1.29 is 39.1 Å². The topological polar surface area (TPSA) is 127 Å². The van der Waals surface area contributed by atoms with Gasteiger partial charge in [-0.05, 0) is 24.6 Å². The van der Waals surface area contributed by atoms with Crippen molar-refractivity contribution in [3.63, 3.8) is 0 Å². The summed E-state index contributed by atoms with van der Waals surface area (Å²) in [6.07, 6.45) is -4.77. The van der Waals surface area contributed by atoms with Crippen molar-refractivity contribution in [1.82, 2.24) is 5.32 Å². The lowest BCUT2D eigenvalue weighted by Gasteiger charge is -2.42. The molecule has 0 aliphatic carbocycles. The quantitative estimate of drug-likeness (QED) is 0.474. The lowest BCUT2D eigenvalue weighted by atomic mass is 9.97. The van der Waals surface area contributed by atoms with Gasteiger partial charge >= 0.3 is 0 Å². The molecule has 9 heteroatoms. The SMILES string of the molecule is CCOc1ccc(CO[C@@H]2O[C@H](CO)[C@@H](O)[C@H](O)[C@H]2NC(C)=O)cc1OC. The van der Waals surface area contributed by atoms with Crippen LogP contribution in [0.5, 0.6) is 11.5 Å². The lowest BCUT2D eigenvalue weighted by Crippen LogP contribution is -2.64. The zero-order valence-electron chi connectivity index (χ0n) is 15.6. The van der Waals surface area contributed by atoms with Gasteiger partial charge in [0.2, 0.25) is 5.91 Å². The second-order valence-corrected chi connectivity index (χ2v) is 6.16. The Hall–Kier alpha value is -1.91. The van der Waals surface area contributed by atoms with Gasteiger partial charge < -0.3 is 39.6 Å². The number of methoxy groups -OCH3 is 1. The predicted octanol–water partition coefficient (Wildman–Crippen LogP) is -0.446. The van der Waals surface area contributed by atoms with Crippen molar-refractivity contribution in [3.8, 4) is 11.5 Å².